The molecule has 0 spiro atoms. The number of likely N-dealkylation sites (tertiary alicyclic amines) is 1. The molecule has 0 N–H and O–H groups in total. The molecule has 3 heterocycles. The quantitative estimate of drug-likeness (QED) is 0.839. The number of ether oxygens (including phenoxy) is 1. The molecule has 1 amide bonds. The molecule has 0 bridgehead atoms. The standard InChI is InChI=1S/C17H24N2O4/c1-13-9-14(20)10-16(23-13)17(21)19-7-4-8-22-15(12-19)11-18-5-2-3-6-18/h9-10,15H,2-8,11-12H2,1H3/t15-/m1/s1. The van der Waals surface area contributed by atoms with Crippen molar-refractivity contribution in [3.63, 3.8) is 0 Å². The van der Waals surface area contributed by atoms with Gasteiger partial charge in [-0.15, -0.1) is 0 Å². The van der Waals surface area contributed by atoms with E-state index in [1.54, 1.807) is 11.8 Å². The maximum absolute atomic E-state index is 12.7. The van der Waals surface area contributed by atoms with Gasteiger partial charge in [0.2, 0.25) is 0 Å². The van der Waals surface area contributed by atoms with Crippen LogP contribution in [-0.4, -0.2) is 61.1 Å². The van der Waals surface area contributed by atoms with Gasteiger partial charge in [0.15, 0.2) is 11.2 Å². The van der Waals surface area contributed by atoms with E-state index in [0.29, 0.717) is 25.5 Å². The van der Waals surface area contributed by atoms with E-state index in [-0.39, 0.29) is 23.2 Å². The van der Waals surface area contributed by atoms with Crippen molar-refractivity contribution in [2.24, 2.45) is 0 Å². The predicted octanol–water partition coefficient (Wildman–Crippen LogP) is 1.28. The molecule has 0 aromatic carbocycles. The lowest BCUT2D eigenvalue weighted by atomic mass is 10.2. The lowest BCUT2D eigenvalue weighted by Gasteiger charge is -2.26. The van der Waals surface area contributed by atoms with Crippen LogP contribution in [0.3, 0.4) is 0 Å². The van der Waals surface area contributed by atoms with Crippen molar-refractivity contribution >= 4 is 5.91 Å². The van der Waals surface area contributed by atoms with Crippen LogP contribution in [0.5, 0.6) is 0 Å². The molecule has 1 atom stereocenters. The van der Waals surface area contributed by atoms with Gasteiger partial charge >= 0.3 is 0 Å². The van der Waals surface area contributed by atoms with Crippen LogP contribution in [0.15, 0.2) is 21.3 Å². The molecule has 2 aliphatic rings. The molecule has 0 aliphatic carbocycles. The van der Waals surface area contributed by atoms with Gasteiger partial charge < -0.3 is 19.0 Å². The number of hydrogen-bond donors (Lipinski definition) is 0. The Balaban J connectivity index is 1.69. The van der Waals surface area contributed by atoms with Gasteiger partial charge in [-0.3, -0.25) is 9.59 Å². The Hall–Kier alpha value is -1.66. The molecule has 6 heteroatoms. The van der Waals surface area contributed by atoms with Gasteiger partial charge in [-0.1, -0.05) is 0 Å². The summed E-state index contributed by atoms with van der Waals surface area (Å²) in [6.45, 7) is 6.61. The van der Waals surface area contributed by atoms with Crippen molar-refractivity contribution in [3.8, 4) is 0 Å². The second-order valence-electron chi connectivity index (χ2n) is 6.37. The Morgan fingerprint density at radius 1 is 1.22 bits per heavy atom. The maximum atomic E-state index is 12.7. The van der Waals surface area contributed by atoms with Crippen LogP contribution in [0.1, 0.15) is 35.6 Å². The van der Waals surface area contributed by atoms with Crippen molar-refractivity contribution in [3.05, 3.63) is 33.9 Å². The second-order valence-corrected chi connectivity index (χ2v) is 6.37. The Bertz CT molecular complexity index is 607. The molecule has 1 aromatic rings. The molecule has 126 valence electrons. The minimum absolute atomic E-state index is 0.0241. The molecule has 2 aliphatic heterocycles. The summed E-state index contributed by atoms with van der Waals surface area (Å²) in [6, 6.07) is 2.66. The first-order chi connectivity index (χ1) is 11.1. The van der Waals surface area contributed by atoms with Crippen LogP contribution in [0, 0.1) is 6.92 Å². The first-order valence-electron chi connectivity index (χ1n) is 8.37. The summed E-state index contributed by atoms with van der Waals surface area (Å²) >= 11 is 0. The highest BCUT2D eigenvalue weighted by Gasteiger charge is 2.27. The molecule has 2 saturated heterocycles. The third kappa shape index (κ3) is 4.20. The topological polar surface area (TPSA) is 63.0 Å². The SMILES string of the molecule is Cc1cc(=O)cc(C(=O)N2CCCO[C@H](CN3CCCC3)C2)o1. The van der Waals surface area contributed by atoms with Crippen molar-refractivity contribution in [2.75, 3.05) is 39.3 Å². The van der Waals surface area contributed by atoms with E-state index in [1.807, 2.05) is 0 Å². The van der Waals surface area contributed by atoms with E-state index < -0.39 is 0 Å². The second kappa shape index (κ2) is 7.27. The van der Waals surface area contributed by atoms with Crippen LogP contribution in [0.2, 0.25) is 0 Å². The smallest absolute Gasteiger partial charge is 0.289 e. The zero-order valence-corrected chi connectivity index (χ0v) is 13.6. The Kier molecular flexibility index (Phi) is 5.13. The summed E-state index contributed by atoms with van der Waals surface area (Å²) in [5, 5.41) is 0. The summed E-state index contributed by atoms with van der Waals surface area (Å²) in [5.74, 6) is 0.361. The van der Waals surface area contributed by atoms with E-state index >= 15 is 0 Å². The fraction of sp³-hybridized carbons (Fsp3) is 0.647. The first kappa shape index (κ1) is 16.2. The molecule has 0 unspecified atom stereocenters. The third-order valence-electron chi connectivity index (χ3n) is 4.40. The lowest BCUT2D eigenvalue weighted by Crippen LogP contribution is -2.42. The molecule has 1 aromatic heterocycles. The van der Waals surface area contributed by atoms with Crippen molar-refractivity contribution in [2.45, 2.75) is 32.3 Å². The van der Waals surface area contributed by atoms with Crippen molar-refractivity contribution in [1.82, 2.24) is 9.80 Å². The van der Waals surface area contributed by atoms with Gasteiger partial charge in [0.1, 0.15) is 5.76 Å². The number of amides is 1. The Morgan fingerprint density at radius 3 is 2.74 bits per heavy atom. The number of carbonyl (C=O) groups excluding carboxylic acids is 1. The lowest BCUT2D eigenvalue weighted by molar-refractivity contribution is 0.0289. The van der Waals surface area contributed by atoms with Crippen LogP contribution in [0.25, 0.3) is 0 Å². The van der Waals surface area contributed by atoms with Crippen LogP contribution >= 0.6 is 0 Å². The summed E-state index contributed by atoms with van der Waals surface area (Å²) in [6.07, 6.45) is 3.31. The van der Waals surface area contributed by atoms with Crippen LogP contribution in [-0.2, 0) is 4.74 Å². The highest BCUT2D eigenvalue weighted by Crippen LogP contribution is 2.14. The van der Waals surface area contributed by atoms with E-state index in [9.17, 15) is 9.59 Å². The zero-order valence-electron chi connectivity index (χ0n) is 13.6. The predicted molar refractivity (Wildman–Crippen MR) is 85.6 cm³/mol. The van der Waals surface area contributed by atoms with E-state index in [4.69, 9.17) is 9.15 Å². The van der Waals surface area contributed by atoms with Crippen LogP contribution in [0.4, 0.5) is 0 Å². The number of carbonyl (C=O) groups is 1. The minimum atomic E-state index is -0.220. The van der Waals surface area contributed by atoms with E-state index in [1.165, 1.54) is 25.0 Å². The highest BCUT2D eigenvalue weighted by atomic mass is 16.5. The summed E-state index contributed by atoms with van der Waals surface area (Å²) in [7, 11) is 0. The molecule has 3 rings (SSSR count). The molecule has 0 saturated carbocycles. The zero-order chi connectivity index (χ0) is 16.2. The molecule has 0 radical (unpaired) electrons. The molecular formula is C17H24N2O4. The van der Waals surface area contributed by atoms with Crippen molar-refractivity contribution in [1.29, 1.82) is 0 Å². The largest absolute Gasteiger partial charge is 0.456 e. The molecule has 23 heavy (non-hydrogen) atoms. The first-order valence-corrected chi connectivity index (χ1v) is 8.37. The number of hydrogen-bond acceptors (Lipinski definition) is 5. The summed E-state index contributed by atoms with van der Waals surface area (Å²) < 4.78 is 11.3. The molecule has 6 nitrogen and oxygen atoms in total. The number of nitrogens with zero attached hydrogens (tertiary/aromatic N) is 2. The monoisotopic (exact) mass is 320 g/mol. The van der Waals surface area contributed by atoms with Gasteiger partial charge in [-0.25, -0.2) is 0 Å². The summed E-state index contributed by atoms with van der Waals surface area (Å²) in [4.78, 5) is 28.4. The number of aryl methyl sites for hydroxylation is 1. The van der Waals surface area contributed by atoms with Gasteiger partial charge in [-0.05, 0) is 39.3 Å². The van der Waals surface area contributed by atoms with Crippen molar-refractivity contribution < 1.29 is 13.9 Å². The van der Waals surface area contributed by atoms with Crippen LogP contribution < -0.4 is 5.43 Å². The third-order valence-corrected chi connectivity index (χ3v) is 4.40. The van der Waals surface area contributed by atoms with Gasteiger partial charge in [0, 0.05) is 38.4 Å². The average molecular weight is 320 g/mol. The Labute approximate surface area is 136 Å². The molecular weight excluding hydrogens is 296 g/mol. The maximum Gasteiger partial charge on any atom is 0.289 e. The van der Waals surface area contributed by atoms with Gasteiger partial charge in [-0.2, -0.15) is 0 Å². The van der Waals surface area contributed by atoms with E-state index in [0.717, 1.165) is 26.1 Å². The fourth-order valence-corrected chi connectivity index (χ4v) is 3.31. The molecule has 2 fully saturated rings. The number of rotatable bonds is 3. The Morgan fingerprint density at radius 2 is 2.00 bits per heavy atom. The highest BCUT2D eigenvalue weighted by molar-refractivity contribution is 5.91. The summed E-state index contributed by atoms with van der Waals surface area (Å²) in [5.41, 5.74) is -0.197. The fourth-order valence-electron chi connectivity index (χ4n) is 3.31. The normalized spacial score (nSPS) is 23.0. The van der Waals surface area contributed by atoms with Gasteiger partial charge in [0.25, 0.3) is 5.91 Å². The van der Waals surface area contributed by atoms with Gasteiger partial charge in [0.05, 0.1) is 6.10 Å². The van der Waals surface area contributed by atoms with E-state index in [2.05, 4.69) is 4.90 Å². The average Bonchev–Trinajstić information content (AvgIpc) is 2.90. The minimum Gasteiger partial charge on any atom is -0.456 e.